The van der Waals surface area contributed by atoms with Crippen LogP contribution in [0.2, 0.25) is 0 Å². The van der Waals surface area contributed by atoms with Gasteiger partial charge >= 0.3 is 0 Å². The Hall–Kier alpha value is -2.02. The average molecular weight is 332 g/mol. The Morgan fingerprint density at radius 1 is 1.30 bits per heavy atom. The summed E-state index contributed by atoms with van der Waals surface area (Å²) in [5.41, 5.74) is 1.46. The minimum atomic E-state index is -0.248. The molecule has 0 N–H and O–H groups in total. The summed E-state index contributed by atoms with van der Waals surface area (Å²) < 4.78 is 1.25. The molecule has 0 radical (unpaired) electrons. The summed E-state index contributed by atoms with van der Waals surface area (Å²) in [6.07, 6.45) is 3.01. The van der Waals surface area contributed by atoms with Gasteiger partial charge in [-0.15, -0.1) is 11.3 Å². The molecule has 0 aromatic carbocycles. The highest BCUT2D eigenvalue weighted by Crippen LogP contribution is 2.32. The zero-order chi connectivity index (χ0) is 16.4. The van der Waals surface area contributed by atoms with Crippen molar-refractivity contribution in [2.24, 2.45) is 0 Å². The first-order chi connectivity index (χ1) is 11.0. The van der Waals surface area contributed by atoms with E-state index in [1.807, 2.05) is 24.1 Å². The first-order valence-electron chi connectivity index (χ1n) is 7.81. The maximum Gasteiger partial charge on any atom is 0.267 e. The number of carbonyl (C=O) groups is 1. The fourth-order valence-corrected chi connectivity index (χ4v) is 3.84. The van der Waals surface area contributed by atoms with Crippen molar-refractivity contribution >= 4 is 17.2 Å². The zero-order valence-corrected chi connectivity index (χ0v) is 14.2. The molecule has 1 aliphatic heterocycles. The summed E-state index contributed by atoms with van der Waals surface area (Å²) in [5, 5.41) is 7.15. The van der Waals surface area contributed by atoms with Crippen LogP contribution in [0.5, 0.6) is 0 Å². The molecule has 3 rings (SSSR count). The van der Waals surface area contributed by atoms with Gasteiger partial charge in [0, 0.05) is 23.7 Å². The fourth-order valence-electron chi connectivity index (χ4n) is 2.90. The SMILES string of the molecule is Cc1csc(C2CCCCN2C(=O)Cn2nc(C)ccc2=O)n1. The van der Waals surface area contributed by atoms with Crippen molar-refractivity contribution in [2.45, 2.75) is 45.7 Å². The van der Waals surface area contributed by atoms with Crippen LogP contribution in [-0.2, 0) is 11.3 Å². The topological polar surface area (TPSA) is 68.1 Å². The number of amides is 1. The highest BCUT2D eigenvalue weighted by atomic mass is 32.1. The van der Waals surface area contributed by atoms with Crippen LogP contribution in [0.3, 0.4) is 0 Å². The number of hydrogen-bond acceptors (Lipinski definition) is 5. The lowest BCUT2D eigenvalue weighted by Gasteiger charge is -2.34. The number of carbonyl (C=O) groups excluding carboxylic acids is 1. The van der Waals surface area contributed by atoms with Gasteiger partial charge in [0.15, 0.2) is 0 Å². The van der Waals surface area contributed by atoms with Gasteiger partial charge < -0.3 is 4.90 Å². The van der Waals surface area contributed by atoms with Gasteiger partial charge in [0.2, 0.25) is 5.91 Å². The second kappa shape index (κ2) is 6.62. The number of thiazole rings is 1. The van der Waals surface area contributed by atoms with Crippen molar-refractivity contribution in [3.8, 4) is 0 Å². The summed E-state index contributed by atoms with van der Waals surface area (Å²) in [6, 6.07) is 3.13. The molecule has 6 nitrogen and oxygen atoms in total. The Bertz CT molecular complexity index is 767. The molecule has 122 valence electrons. The number of nitrogens with zero attached hydrogens (tertiary/aromatic N) is 4. The average Bonchev–Trinajstić information content (AvgIpc) is 2.97. The summed E-state index contributed by atoms with van der Waals surface area (Å²) in [4.78, 5) is 31.0. The van der Waals surface area contributed by atoms with Gasteiger partial charge in [-0.25, -0.2) is 9.67 Å². The molecule has 23 heavy (non-hydrogen) atoms. The maximum atomic E-state index is 12.7. The van der Waals surface area contributed by atoms with Gasteiger partial charge in [0.1, 0.15) is 11.6 Å². The maximum absolute atomic E-state index is 12.7. The van der Waals surface area contributed by atoms with Crippen molar-refractivity contribution in [2.75, 3.05) is 6.54 Å². The van der Waals surface area contributed by atoms with Gasteiger partial charge in [0.05, 0.1) is 11.7 Å². The first kappa shape index (κ1) is 15.9. The molecule has 0 aliphatic carbocycles. The predicted molar refractivity (Wildman–Crippen MR) is 88.4 cm³/mol. The molecule has 1 saturated heterocycles. The number of aromatic nitrogens is 3. The standard InChI is InChI=1S/C16H20N4O2S/c1-11-6-7-14(21)20(18-11)9-15(22)19-8-4-3-5-13(19)16-17-12(2)10-23-16/h6-7,10,13H,3-5,8-9H2,1-2H3. The lowest BCUT2D eigenvalue weighted by atomic mass is 10.0. The van der Waals surface area contributed by atoms with Crippen LogP contribution in [0.15, 0.2) is 22.3 Å². The van der Waals surface area contributed by atoms with Crippen LogP contribution in [0.25, 0.3) is 0 Å². The molecular formula is C16H20N4O2S. The molecule has 0 saturated carbocycles. The van der Waals surface area contributed by atoms with E-state index in [-0.39, 0.29) is 24.1 Å². The normalized spacial score (nSPS) is 18.2. The van der Waals surface area contributed by atoms with Crippen LogP contribution in [-0.4, -0.2) is 32.1 Å². The third-order valence-electron chi connectivity index (χ3n) is 4.03. The molecule has 0 bridgehead atoms. The van der Waals surface area contributed by atoms with E-state index in [0.717, 1.165) is 35.7 Å². The van der Waals surface area contributed by atoms with Crippen molar-refractivity contribution < 1.29 is 4.79 Å². The molecule has 1 atom stereocenters. The van der Waals surface area contributed by atoms with Crippen LogP contribution in [0.4, 0.5) is 0 Å². The Morgan fingerprint density at radius 2 is 2.13 bits per heavy atom. The highest BCUT2D eigenvalue weighted by Gasteiger charge is 2.30. The van der Waals surface area contributed by atoms with E-state index >= 15 is 0 Å². The fraction of sp³-hybridized carbons (Fsp3) is 0.500. The van der Waals surface area contributed by atoms with E-state index in [4.69, 9.17) is 0 Å². The Kier molecular flexibility index (Phi) is 4.56. The Balaban J connectivity index is 1.81. The van der Waals surface area contributed by atoms with Crippen LogP contribution in [0, 0.1) is 13.8 Å². The summed E-state index contributed by atoms with van der Waals surface area (Å²) >= 11 is 1.60. The molecule has 1 aliphatic rings. The lowest BCUT2D eigenvalue weighted by Crippen LogP contribution is -2.42. The molecule has 7 heteroatoms. The summed E-state index contributed by atoms with van der Waals surface area (Å²) in [6.45, 7) is 4.47. The quantitative estimate of drug-likeness (QED) is 0.863. The van der Waals surface area contributed by atoms with Crippen molar-refractivity contribution in [1.29, 1.82) is 0 Å². The van der Waals surface area contributed by atoms with Gasteiger partial charge in [-0.3, -0.25) is 9.59 Å². The molecular weight excluding hydrogens is 312 g/mol. The van der Waals surface area contributed by atoms with Gasteiger partial charge in [-0.2, -0.15) is 5.10 Å². The van der Waals surface area contributed by atoms with Crippen molar-refractivity contribution in [1.82, 2.24) is 19.7 Å². The van der Waals surface area contributed by atoms with E-state index in [0.29, 0.717) is 6.54 Å². The van der Waals surface area contributed by atoms with Crippen molar-refractivity contribution in [3.63, 3.8) is 0 Å². The molecule has 1 fully saturated rings. The van der Waals surface area contributed by atoms with Gasteiger partial charge in [-0.1, -0.05) is 0 Å². The lowest BCUT2D eigenvalue weighted by molar-refractivity contribution is -0.136. The van der Waals surface area contributed by atoms with E-state index in [2.05, 4.69) is 10.1 Å². The Labute approximate surface area is 138 Å². The first-order valence-corrected chi connectivity index (χ1v) is 8.69. The third kappa shape index (κ3) is 3.50. The van der Waals surface area contributed by atoms with Gasteiger partial charge in [-0.05, 0) is 39.2 Å². The minimum absolute atomic E-state index is 0.0125. The Morgan fingerprint density at radius 3 is 2.87 bits per heavy atom. The summed E-state index contributed by atoms with van der Waals surface area (Å²) in [7, 11) is 0. The number of piperidine rings is 1. The molecule has 2 aromatic heterocycles. The van der Waals surface area contributed by atoms with E-state index < -0.39 is 0 Å². The number of rotatable bonds is 3. The molecule has 1 amide bonds. The van der Waals surface area contributed by atoms with Crippen LogP contribution in [0.1, 0.15) is 41.7 Å². The van der Waals surface area contributed by atoms with Crippen LogP contribution < -0.4 is 5.56 Å². The smallest absolute Gasteiger partial charge is 0.267 e. The van der Waals surface area contributed by atoms with Crippen LogP contribution >= 0.6 is 11.3 Å². The molecule has 3 heterocycles. The second-order valence-corrected chi connectivity index (χ2v) is 6.79. The predicted octanol–water partition coefficient (Wildman–Crippen LogP) is 2.07. The number of hydrogen-bond donors (Lipinski definition) is 0. The summed E-state index contributed by atoms with van der Waals surface area (Å²) in [5.74, 6) is -0.0669. The number of likely N-dealkylation sites (tertiary alicyclic amines) is 1. The zero-order valence-electron chi connectivity index (χ0n) is 13.4. The van der Waals surface area contributed by atoms with E-state index in [1.165, 1.54) is 10.7 Å². The largest absolute Gasteiger partial charge is 0.332 e. The highest BCUT2D eigenvalue weighted by molar-refractivity contribution is 7.09. The van der Waals surface area contributed by atoms with E-state index in [1.54, 1.807) is 17.4 Å². The molecule has 0 spiro atoms. The molecule has 2 aromatic rings. The third-order valence-corrected chi connectivity index (χ3v) is 5.09. The van der Waals surface area contributed by atoms with Crippen molar-refractivity contribution in [3.05, 3.63) is 44.3 Å². The second-order valence-electron chi connectivity index (χ2n) is 5.90. The number of aryl methyl sites for hydroxylation is 2. The van der Waals surface area contributed by atoms with E-state index in [9.17, 15) is 9.59 Å². The minimum Gasteiger partial charge on any atom is -0.332 e. The van der Waals surface area contributed by atoms with Gasteiger partial charge in [0.25, 0.3) is 5.56 Å². The molecule has 1 unspecified atom stereocenters. The monoisotopic (exact) mass is 332 g/mol.